The molecule has 4 nitrogen and oxygen atoms in total. The summed E-state index contributed by atoms with van der Waals surface area (Å²) in [6, 6.07) is -0.563. The lowest BCUT2D eigenvalue weighted by Crippen LogP contribution is -2.32. The number of imide groups is 1. The Hall–Kier alpha value is -0.770. The Balaban J connectivity index is 2.44. The molecule has 0 radical (unpaired) electrons. The van der Waals surface area contributed by atoms with Gasteiger partial charge in [0.2, 0.25) is 0 Å². The summed E-state index contributed by atoms with van der Waals surface area (Å²) >= 11 is 5.53. The van der Waals surface area contributed by atoms with Crippen LogP contribution in [0.4, 0.5) is 4.79 Å². The van der Waals surface area contributed by atoms with Gasteiger partial charge in [-0.1, -0.05) is 13.3 Å². The molecule has 1 saturated heterocycles. The molecule has 0 aromatic carbocycles. The number of nitrogens with zero attached hydrogens (tertiary/aromatic N) is 1. The second kappa shape index (κ2) is 5.95. The number of hydrogen-bond donors (Lipinski definition) is 1. The van der Waals surface area contributed by atoms with Crippen molar-refractivity contribution in [1.29, 1.82) is 0 Å². The van der Waals surface area contributed by atoms with Crippen LogP contribution in [0.2, 0.25) is 0 Å². The van der Waals surface area contributed by atoms with Crippen LogP contribution >= 0.6 is 11.6 Å². The first-order valence-electron chi connectivity index (χ1n) is 5.38. The van der Waals surface area contributed by atoms with E-state index in [9.17, 15) is 9.59 Å². The van der Waals surface area contributed by atoms with Crippen molar-refractivity contribution in [3.05, 3.63) is 0 Å². The van der Waals surface area contributed by atoms with Crippen LogP contribution in [0.1, 0.15) is 32.6 Å². The first-order valence-corrected chi connectivity index (χ1v) is 5.92. The van der Waals surface area contributed by atoms with Crippen molar-refractivity contribution in [2.45, 2.75) is 38.6 Å². The number of unbranched alkanes of at least 4 members (excludes halogenated alkanes) is 1. The van der Waals surface area contributed by atoms with Crippen LogP contribution in [-0.2, 0) is 4.79 Å². The summed E-state index contributed by atoms with van der Waals surface area (Å²) in [5.41, 5.74) is 0. The van der Waals surface area contributed by atoms with Crippen LogP contribution in [0.5, 0.6) is 0 Å². The predicted molar refractivity (Wildman–Crippen MR) is 58.9 cm³/mol. The summed E-state index contributed by atoms with van der Waals surface area (Å²) in [6.45, 7) is 2.48. The van der Waals surface area contributed by atoms with Crippen LogP contribution in [0, 0.1) is 0 Å². The fourth-order valence-corrected chi connectivity index (χ4v) is 1.83. The second-order valence-corrected chi connectivity index (χ2v) is 4.05. The lowest BCUT2D eigenvalue weighted by atomic mass is 10.1. The van der Waals surface area contributed by atoms with Gasteiger partial charge in [0.25, 0.3) is 5.91 Å². The smallest absolute Gasteiger partial charge is 0.324 e. The maximum Gasteiger partial charge on any atom is 0.324 e. The van der Waals surface area contributed by atoms with Gasteiger partial charge in [-0.05, 0) is 19.3 Å². The first-order chi connectivity index (χ1) is 7.20. The van der Waals surface area contributed by atoms with Gasteiger partial charge in [-0.25, -0.2) is 4.79 Å². The first kappa shape index (κ1) is 12.3. The molecule has 1 unspecified atom stereocenters. The van der Waals surface area contributed by atoms with Crippen molar-refractivity contribution in [3.63, 3.8) is 0 Å². The quantitative estimate of drug-likeness (QED) is 0.431. The number of hydrogen-bond acceptors (Lipinski definition) is 2. The molecule has 0 spiro atoms. The van der Waals surface area contributed by atoms with Gasteiger partial charge < -0.3 is 5.32 Å². The van der Waals surface area contributed by atoms with Gasteiger partial charge in [-0.15, -0.1) is 11.6 Å². The van der Waals surface area contributed by atoms with E-state index in [1.54, 1.807) is 0 Å². The van der Waals surface area contributed by atoms with E-state index in [1.165, 1.54) is 4.90 Å². The minimum atomic E-state index is -0.307. The third-order valence-electron chi connectivity index (χ3n) is 2.45. The highest BCUT2D eigenvalue weighted by atomic mass is 35.5. The third-order valence-corrected chi connectivity index (χ3v) is 2.72. The highest BCUT2D eigenvalue weighted by Gasteiger charge is 2.36. The molecule has 1 aliphatic rings. The van der Waals surface area contributed by atoms with Gasteiger partial charge in [0, 0.05) is 12.4 Å². The number of amides is 3. The zero-order chi connectivity index (χ0) is 11.3. The normalized spacial score (nSPS) is 20.9. The SMILES string of the molecule is CCCC1NC(=O)N(CCCCCl)C1=O. The van der Waals surface area contributed by atoms with Crippen LogP contribution in [-0.4, -0.2) is 35.3 Å². The number of carbonyl (C=O) groups is 2. The molecule has 3 amide bonds. The Kier molecular flexibility index (Phi) is 4.88. The van der Waals surface area contributed by atoms with Crippen LogP contribution < -0.4 is 5.32 Å². The Morgan fingerprint density at radius 2 is 2.13 bits per heavy atom. The van der Waals surface area contributed by atoms with Gasteiger partial charge in [0.1, 0.15) is 6.04 Å². The standard InChI is InChI=1S/C10H17ClN2O2/c1-2-5-8-9(14)13(10(15)12-8)7-4-3-6-11/h8H,2-7H2,1H3,(H,12,15). The number of urea groups is 1. The molecule has 86 valence electrons. The number of rotatable bonds is 6. The molecule has 1 aliphatic heterocycles. The zero-order valence-electron chi connectivity index (χ0n) is 8.96. The summed E-state index contributed by atoms with van der Waals surface area (Å²) in [6.07, 6.45) is 3.22. The van der Waals surface area contributed by atoms with E-state index in [-0.39, 0.29) is 18.0 Å². The molecule has 1 heterocycles. The summed E-state index contributed by atoms with van der Waals surface area (Å²) < 4.78 is 0. The van der Waals surface area contributed by atoms with Gasteiger partial charge in [-0.3, -0.25) is 9.69 Å². The second-order valence-electron chi connectivity index (χ2n) is 3.68. The molecule has 1 atom stereocenters. The highest BCUT2D eigenvalue weighted by Crippen LogP contribution is 2.11. The summed E-state index contributed by atoms with van der Waals surface area (Å²) in [5.74, 6) is 0.485. The minimum Gasteiger partial charge on any atom is -0.326 e. The molecule has 15 heavy (non-hydrogen) atoms. The monoisotopic (exact) mass is 232 g/mol. The van der Waals surface area contributed by atoms with E-state index in [1.807, 2.05) is 6.92 Å². The van der Waals surface area contributed by atoms with Gasteiger partial charge in [0.15, 0.2) is 0 Å². The van der Waals surface area contributed by atoms with Crippen molar-refractivity contribution in [2.75, 3.05) is 12.4 Å². The molecular formula is C10H17ClN2O2. The van der Waals surface area contributed by atoms with Crippen LogP contribution in [0.15, 0.2) is 0 Å². The van der Waals surface area contributed by atoms with Crippen molar-refractivity contribution in [3.8, 4) is 0 Å². The van der Waals surface area contributed by atoms with E-state index >= 15 is 0 Å². The maximum absolute atomic E-state index is 11.7. The largest absolute Gasteiger partial charge is 0.326 e. The fraction of sp³-hybridized carbons (Fsp3) is 0.800. The van der Waals surface area contributed by atoms with Crippen molar-refractivity contribution in [2.24, 2.45) is 0 Å². The van der Waals surface area contributed by atoms with Gasteiger partial charge >= 0.3 is 6.03 Å². The number of halogens is 1. The van der Waals surface area contributed by atoms with E-state index in [2.05, 4.69) is 5.32 Å². The van der Waals surface area contributed by atoms with E-state index in [4.69, 9.17) is 11.6 Å². The molecule has 0 aromatic rings. The Labute approximate surface area is 95.0 Å². The lowest BCUT2D eigenvalue weighted by Gasteiger charge is -2.11. The molecule has 0 saturated carbocycles. The number of carbonyl (C=O) groups excluding carboxylic acids is 2. The zero-order valence-corrected chi connectivity index (χ0v) is 9.72. The average molecular weight is 233 g/mol. The topological polar surface area (TPSA) is 49.4 Å². The van der Waals surface area contributed by atoms with Crippen LogP contribution in [0.25, 0.3) is 0 Å². The molecule has 1 rings (SSSR count). The number of alkyl halides is 1. The minimum absolute atomic E-state index is 0.0866. The molecule has 0 aromatic heterocycles. The molecule has 1 fully saturated rings. The fourth-order valence-electron chi connectivity index (χ4n) is 1.64. The molecule has 0 bridgehead atoms. The Morgan fingerprint density at radius 1 is 1.40 bits per heavy atom. The Morgan fingerprint density at radius 3 is 2.73 bits per heavy atom. The van der Waals surface area contributed by atoms with E-state index < -0.39 is 0 Å². The number of nitrogens with one attached hydrogen (secondary N) is 1. The summed E-state index contributed by atoms with van der Waals surface area (Å²) in [4.78, 5) is 24.4. The van der Waals surface area contributed by atoms with Crippen LogP contribution in [0.3, 0.4) is 0 Å². The van der Waals surface area contributed by atoms with Crippen molar-refractivity contribution >= 4 is 23.5 Å². The van der Waals surface area contributed by atoms with E-state index in [0.717, 1.165) is 25.7 Å². The molecule has 0 aliphatic carbocycles. The highest BCUT2D eigenvalue weighted by molar-refractivity contribution is 6.17. The average Bonchev–Trinajstić information content (AvgIpc) is 2.46. The molecule has 1 N–H and O–H groups in total. The summed E-state index contributed by atoms with van der Waals surface area (Å²) in [7, 11) is 0. The molecular weight excluding hydrogens is 216 g/mol. The predicted octanol–water partition coefficient (Wildman–Crippen LogP) is 1.73. The Bertz CT molecular complexity index is 246. The molecule has 5 heteroatoms. The van der Waals surface area contributed by atoms with Crippen molar-refractivity contribution in [1.82, 2.24) is 10.2 Å². The van der Waals surface area contributed by atoms with Crippen molar-refractivity contribution < 1.29 is 9.59 Å². The van der Waals surface area contributed by atoms with Gasteiger partial charge in [0.05, 0.1) is 0 Å². The van der Waals surface area contributed by atoms with E-state index in [0.29, 0.717) is 12.4 Å². The van der Waals surface area contributed by atoms with Gasteiger partial charge in [-0.2, -0.15) is 0 Å². The summed E-state index contributed by atoms with van der Waals surface area (Å²) in [5, 5.41) is 2.69. The third kappa shape index (κ3) is 3.09. The lowest BCUT2D eigenvalue weighted by molar-refractivity contribution is -0.127. The maximum atomic E-state index is 11.7.